The average molecular weight is 436 g/mol. The van der Waals surface area contributed by atoms with Gasteiger partial charge in [0.1, 0.15) is 5.52 Å². The summed E-state index contributed by atoms with van der Waals surface area (Å²) in [4.78, 5) is 16.7. The smallest absolute Gasteiger partial charge is 0.229 e. The van der Waals surface area contributed by atoms with Crippen molar-refractivity contribution in [1.82, 2.24) is 14.9 Å². The number of anilines is 4. The summed E-state index contributed by atoms with van der Waals surface area (Å²) in [6.07, 6.45) is 3.85. The van der Waals surface area contributed by atoms with Gasteiger partial charge in [-0.1, -0.05) is 6.92 Å². The van der Waals surface area contributed by atoms with Crippen molar-refractivity contribution in [1.29, 1.82) is 0 Å². The molecule has 5 rings (SSSR count). The zero-order chi connectivity index (χ0) is 21.9. The molecule has 3 aromatic rings. The third-order valence-corrected chi connectivity index (χ3v) is 6.84. The Morgan fingerprint density at radius 2 is 1.72 bits per heavy atom. The van der Waals surface area contributed by atoms with Crippen LogP contribution in [0, 0.1) is 5.92 Å². The molecule has 0 atom stereocenters. The number of piperidine rings is 1. The highest BCUT2D eigenvalue weighted by molar-refractivity contribution is 5.85. The van der Waals surface area contributed by atoms with Gasteiger partial charge >= 0.3 is 0 Å². The first-order valence-electron chi connectivity index (χ1n) is 11.8. The van der Waals surface area contributed by atoms with E-state index in [4.69, 9.17) is 15.1 Å². The fraction of sp³-hybridized carbons (Fsp3) is 0.500. The van der Waals surface area contributed by atoms with Crippen LogP contribution in [0.3, 0.4) is 0 Å². The second kappa shape index (κ2) is 9.34. The van der Waals surface area contributed by atoms with Gasteiger partial charge in [0.25, 0.3) is 0 Å². The number of benzene rings is 1. The summed E-state index contributed by atoms with van der Waals surface area (Å²) in [5.74, 6) is 2.06. The highest BCUT2D eigenvalue weighted by atomic mass is 16.3. The molecule has 0 spiro atoms. The van der Waals surface area contributed by atoms with E-state index in [1.165, 1.54) is 5.69 Å². The lowest BCUT2D eigenvalue weighted by molar-refractivity contribution is 0.271. The van der Waals surface area contributed by atoms with Crippen molar-refractivity contribution in [3.05, 3.63) is 36.6 Å². The quantitative estimate of drug-likeness (QED) is 0.610. The number of furan rings is 1. The zero-order valence-electron chi connectivity index (χ0n) is 18.8. The summed E-state index contributed by atoms with van der Waals surface area (Å²) in [5, 5.41) is 3.39. The third kappa shape index (κ3) is 4.38. The Hall–Kier alpha value is -2.84. The first-order chi connectivity index (χ1) is 15.7. The van der Waals surface area contributed by atoms with E-state index in [-0.39, 0.29) is 0 Å². The number of nitrogens with two attached hydrogens (primary N) is 1. The van der Waals surface area contributed by atoms with Gasteiger partial charge in [0.15, 0.2) is 11.4 Å². The zero-order valence-corrected chi connectivity index (χ0v) is 18.8. The van der Waals surface area contributed by atoms with E-state index in [2.05, 4.69) is 56.2 Å². The lowest BCUT2D eigenvalue weighted by Gasteiger charge is -2.35. The van der Waals surface area contributed by atoms with E-state index in [0.717, 1.165) is 87.8 Å². The SMILES string of the molecule is CCN1CCN(c2ccc(Nc3nc(N4CCC(CN)CC4)c4occc4n3)cc2)CC1. The van der Waals surface area contributed by atoms with Crippen LogP contribution in [0.25, 0.3) is 11.1 Å². The number of fused-ring (bicyclic) bond motifs is 1. The van der Waals surface area contributed by atoms with E-state index in [0.29, 0.717) is 11.9 Å². The van der Waals surface area contributed by atoms with Crippen LogP contribution in [-0.4, -0.2) is 67.2 Å². The molecule has 2 fully saturated rings. The van der Waals surface area contributed by atoms with Crippen LogP contribution in [0.15, 0.2) is 41.0 Å². The van der Waals surface area contributed by atoms with E-state index in [1.807, 2.05) is 6.07 Å². The Labute approximate surface area is 189 Å². The fourth-order valence-electron chi connectivity index (χ4n) is 4.71. The van der Waals surface area contributed by atoms with Crippen molar-refractivity contribution in [2.45, 2.75) is 19.8 Å². The van der Waals surface area contributed by atoms with Gasteiger partial charge in [0.2, 0.25) is 5.95 Å². The molecule has 0 unspecified atom stereocenters. The van der Waals surface area contributed by atoms with Crippen molar-refractivity contribution in [2.75, 3.05) is 67.5 Å². The average Bonchev–Trinajstić information content (AvgIpc) is 3.33. The van der Waals surface area contributed by atoms with Gasteiger partial charge in [-0.3, -0.25) is 0 Å². The highest BCUT2D eigenvalue weighted by Gasteiger charge is 2.23. The molecule has 0 radical (unpaired) electrons. The summed E-state index contributed by atoms with van der Waals surface area (Å²) in [6.45, 7) is 10.4. The topological polar surface area (TPSA) is 86.7 Å². The Bertz CT molecular complexity index is 1020. The third-order valence-electron chi connectivity index (χ3n) is 6.84. The molecule has 8 heteroatoms. The molecule has 4 heterocycles. The predicted molar refractivity (Wildman–Crippen MR) is 130 cm³/mol. The maximum Gasteiger partial charge on any atom is 0.229 e. The number of nitrogens with one attached hydrogen (secondary N) is 1. The molecule has 3 N–H and O–H groups in total. The number of piperazine rings is 1. The molecular weight excluding hydrogens is 402 g/mol. The molecule has 2 aliphatic heterocycles. The van der Waals surface area contributed by atoms with Gasteiger partial charge in [-0.2, -0.15) is 4.98 Å². The molecule has 0 amide bonds. The van der Waals surface area contributed by atoms with Crippen molar-refractivity contribution in [3.63, 3.8) is 0 Å². The monoisotopic (exact) mass is 435 g/mol. The first-order valence-corrected chi connectivity index (χ1v) is 11.8. The van der Waals surface area contributed by atoms with Crippen molar-refractivity contribution in [3.8, 4) is 0 Å². The normalized spacial score (nSPS) is 18.4. The molecule has 0 aliphatic carbocycles. The maximum absolute atomic E-state index is 5.86. The van der Waals surface area contributed by atoms with Crippen molar-refractivity contribution in [2.24, 2.45) is 11.7 Å². The second-order valence-corrected chi connectivity index (χ2v) is 8.77. The minimum Gasteiger partial charge on any atom is -0.459 e. The first kappa shape index (κ1) is 21.0. The van der Waals surface area contributed by atoms with Gasteiger partial charge in [-0.15, -0.1) is 0 Å². The molecule has 1 aromatic carbocycles. The number of hydrogen-bond acceptors (Lipinski definition) is 8. The number of hydrogen-bond donors (Lipinski definition) is 2. The Kier molecular flexibility index (Phi) is 6.14. The highest BCUT2D eigenvalue weighted by Crippen LogP contribution is 2.30. The molecule has 2 saturated heterocycles. The summed E-state index contributed by atoms with van der Waals surface area (Å²) in [7, 11) is 0. The van der Waals surface area contributed by atoms with Crippen LogP contribution >= 0.6 is 0 Å². The summed E-state index contributed by atoms with van der Waals surface area (Å²) in [5.41, 5.74) is 9.69. The number of likely N-dealkylation sites (N-methyl/N-ethyl adjacent to an activating group) is 1. The molecule has 32 heavy (non-hydrogen) atoms. The minimum atomic E-state index is 0.596. The van der Waals surface area contributed by atoms with E-state index in [9.17, 15) is 0 Å². The molecule has 170 valence electrons. The molecule has 2 aromatic heterocycles. The molecule has 2 aliphatic rings. The fourth-order valence-corrected chi connectivity index (χ4v) is 4.71. The Balaban J connectivity index is 1.31. The summed E-state index contributed by atoms with van der Waals surface area (Å²) >= 11 is 0. The Morgan fingerprint density at radius 3 is 2.41 bits per heavy atom. The van der Waals surface area contributed by atoms with E-state index >= 15 is 0 Å². The van der Waals surface area contributed by atoms with E-state index in [1.54, 1.807) is 6.26 Å². The van der Waals surface area contributed by atoms with Crippen LogP contribution in [0.1, 0.15) is 19.8 Å². The van der Waals surface area contributed by atoms with Crippen LogP contribution in [0.2, 0.25) is 0 Å². The largest absolute Gasteiger partial charge is 0.459 e. The van der Waals surface area contributed by atoms with Gasteiger partial charge in [-0.25, -0.2) is 4.98 Å². The Morgan fingerprint density at radius 1 is 0.969 bits per heavy atom. The summed E-state index contributed by atoms with van der Waals surface area (Å²) in [6, 6.07) is 10.5. The van der Waals surface area contributed by atoms with Gasteiger partial charge in [-0.05, 0) is 56.1 Å². The van der Waals surface area contributed by atoms with E-state index < -0.39 is 0 Å². The molecule has 0 bridgehead atoms. The lowest BCUT2D eigenvalue weighted by Crippen LogP contribution is -2.46. The standard InChI is InChI=1S/C24H33N7O/c1-2-29-12-14-30(15-13-29)20-5-3-19(4-6-20)26-24-27-21-9-16-32-22(21)23(28-24)31-10-7-18(17-25)8-11-31/h3-6,9,16,18H,2,7-8,10-15,17,25H2,1H3,(H,26,27,28). The maximum atomic E-state index is 5.86. The van der Waals surface area contributed by atoms with Crippen LogP contribution in [0.5, 0.6) is 0 Å². The number of nitrogens with zero attached hydrogens (tertiary/aromatic N) is 5. The second-order valence-electron chi connectivity index (χ2n) is 8.77. The van der Waals surface area contributed by atoms with Crippen LogP contribution in [-0.2, 0) is 0 Å². The molecular formula is C24H33N7O. The molecule has 0 saturated carbocycles. The lowest BCUT2D eigenvalue weighted by atomic mass is 9.97. The van der Waals surface area contributed by atoms with Crippen molar-refractivity contribution < 1.29 is 4.42 Å². The number of aromatic nitrogens is 2. The summed E-state index contributed by atoms with van der Waals surface area (Å²) < 4.78 is 5.73. The minimum absolute atomic E-state index is 0.596. The predicted octanol–water partition coefficient (Wildman–Crippen LogP) is 3.28. The van der Waals surface area contributed by atoms with Gasteiger partial charge < -0.3 is 30.2 Å². The van der Waals surface area contributed by atoms with Crippen molar-refractivity contribution >= 4 is 34.2 Å². The number of rotatable bonds is 6. The van der Waals surface area contributed by atoms with Crippen LogP contribution < -0.4 is 20.9 Å². The van der Waals surface area contributed by atoms with Crippen LogP contribution in [0.4, 0.5) is 23.1 Å². The van der Waals surface area contributed by atoms with Gasteiger partial charge in [0, 0.05) is 56.7 Å². The van der Waals surface area contributed by atoms with Gasteiger partial charge in [0.05, 0.1) is 6.26 Å². The molecule has 8 nitrogen and oxygen atoms in total.